The number of aromatic nitrogens is 1. The maximum absolute atomic E-state index is 13.6. The SMILES string of the molecule is COc1ccc(-c2csc(C(NC(C)=O)c3cccc(F)c3)n2)cc1. The molecule has 0 bridgehead atoms. The lowest BCUT2D eigenvalue weighted by molar-refractivity contribution is -0.119. The van der Waals surface area contributed by atoms with Crippen molar-refractivity contribution >= 4 is 17.2 Å². The standard InChI is InChI=1S/C19H17FN2O2S/c1-12(23)21-18(14-4-3-5-15(20)10-14)19-22-17(11-25-19)13-6-8-16(24-2)9-7-13/h3-11,18H,1-2H3,(H,21,23). The van der Waals surface area contributed by atoms with E-state index in [4.69, 9.17) is 4.74 Å². The smallest absolute Gasteiger partial charge is 0.217 e. The number of hydrogen-bond acceptors (Lipinski definition) is 4. The van der Waals surface area contributed by atoms with Crippen LogP contribution in [0.4, 0.5) is 4.39 Å². The normalized spacial score (nSPS) is 11.8. The Hall–Kier alpha value is -2.73. The monoisotopic (exact) mass is 356 g/mol. The second kappa shape index (κ2) is 7.44. The van der Waals surface area contributed by atoms with E-state index in [1.165, 1.54) is 30.4 Å². The molecule has 4 nitrogen and oxygen atoms in total. The van der Waals surface area contributed by atoms with Crippen molar-refractivity contribution in [2.24, 2.45) is 0 Å². The van der Waals surface area contributed by atoms with Crippen molar-refractivity contribution < 1.29 is 13.9 Å². The van der Waals surface area contributed by atoms with Gasteiger partial charge < -0.3 is 10.1 Å². The summed E-state index contributed by atoms with van der Waals surface area (Å²) in [7, 11) is 1.62. The van der Waals surface area contributed by atoms with Crippen molar-refractivity contribution in [3.8, 4) is 17.0 Å². The zero-order chi connectivity index (χ0) is 17.8. The molecular formula is C19H17FN2O2S. The van der Waals surface area contributed by atoms with Gasteiger partial charge in [0.05, 0.1) is 12.8 Å². The largest absolute Gasteiger partial charge is 0.497 e. The van der Waals surface area contributed by atoms with E-state index in [9.17, 15) is 9.18 Å². The first-order chi connectivity index (χ1) is 12.1. The van der Waals surface area contributed by atoms with Gasteiger partial charge in [0.25, 0.3) is 0 Å². The lowest BCUT2D eigenvalue weighted by Gasteiger charge is -2.16. The topological polar surface area (TPSA) is 51.2 Å². The number of rotatable bonds is 5. The van der Waals surface area contributed by atoms with Gasteiger partial charge in [-0.15, -0.1) is 11.3 Å². The van der Waals surface area contributed by atoms with Gasteiger partial charge in [-0.3, -0.25) is 4.79 Å². The molecule has 1 amide bonds. The predicted molar refractivity (Wildman–Crippen MR) is 96.2 cm³/mol. The number of carbonyl (C=O) groups excluding carboxylic acids is 1. The summed E-state index contributed by atoms with van der Waals surface area (Å²) in [6.07, 6.45) is 0. The lowest BCUT2D eigenvalue weighted by Crippen LogP contribution is -2.26. The van der Waals surface area contributed by atoms with Crippen LogP contribution in [0.2, 0.25) is 0 Å². The molecule has 0 saturated carbocycles. The minimum Gasteiger partial charge on any atom is -0.497 e. The Bertz CT molecular complexity index is 877. The minimum absolute atomic E-state index is 0.199. The fourth-order valence-corrected chi connectivity index (χ4v) is 3.39. The molecule has 1 atom stereocenters. The van der Waals surface area contributed by atoms with Gasteiger partial charge in [0.15, 0.2) is 0 Å². The maximum Gasteiger partial charge on any atom is 0.217 e. The molecule has 0 aliphatic rings. The Morgan fingerprint density at radius 2 is 2.00 bits per heavy atom. The number of benzene rings is 2. The van der Waals surface area contributed by atoms with Gasteiger partial charge >= 0.3 is 0 Å². The molecule has 128 valence electrons. The number of nitrogens with one attached hydrogen (secondary N) is 1. The first-order valence-electron chi connectivity index (χ1n) is 7.69. The van der Waals surface area contributed by atoms with Gasteiger partial charge in [0.1, 0.15) is 22.6 Å². The van der Waals surface area contributed by atoms with Gasteiger partial charge in [-0.2, -0.15) is 0 Å². The molecule has 1 unspecified atom stereocenters. The van der Waals surface area contributed by atoms with E-state index in [1.54, 1.807) is 19.2 Å². The molecule has 3 rings (SSSR count). The molecule has 1 aromatic heterocycles. The number of halogens is 1. The fourth-order valence-electron chi connectivity index (χ4n) is 2.49. The van der Waals surface area contributed by atoms with Gasteiger partial charge in [0.2, 0.25) is 5.91 Å². The van der Waals surface area contributed by atoms with Crippen LogP contribution < -0.4 is 10.1 Å². The highest BCUT2D eigenvalue weighted by Gasteiger charge is 2.20. The predicted octanol–water partition coefficient (Wildman–Crippen LogP) is 4.18. The number of nitrogens with zero attached hydrogens (tertiary/aromatic N) is 1. The van der Waals surface area contributed by atoms with Crippen LogP contribution in [0.1, 0.15) is 23.5 Å². The molecule has 0 aliphatic heterocycles. The molecule has 0 spiro atoms. The molecule has 3 aromatic rings. The Morgan fingerprint density at radius 3 is 2.64 bits per heavy atom. The summed E-state index contributed by atoms with van der Waals surface area (Å²) in [4.78, 5) is 16.2. The highest BCUT2D eigenvalue weighted by molar-refractivity contribution is 7.10. The summed E-state index contributed by atoms with van der Waals surface area (Å²) in [5.41, 5.74) is 2.41. The van der Waals surface area contributed by atoms with Crippen molar-refractivity contribution in [1.82, 2.24) is 10.3 Å². The summed E-state index contributed by atoms with van der Waals surface area (Å²) < 4.78 is 18.7. The molecule has 1 heterocycles. The third-order valence-corrected chi connectivity index (χ3v) is 4.59. The molecule has 0 radical (unpaired) electrons. The van der Waals surface area contributed by atoms with Crippen LogP contribution in [-0.2, 0) is 4.79 Å². The third-order valence-electron chi connectivity index (χ3n) is 3.68. The summed E-state index contributed by atoms with van der Waals surface area (Å²) >= 11 is 1.43. The summed E-state index contributed by atoms with van der Waals surface area (Å²) in [6.45, 7) is 1.43. The number of carbonyl (C=O) groups is 1. The lowest BCUT2D eigenvalue weighted by atomic mass is 10.1. The van der Waals surface area contributed by atoms with Crippen LogP contribution >= 0.6 is 11.3 Å². The average Bonchev–Trinajstić information content (AvgIpc) is 3.09. The Morgan fingerprint density at radius 1 is 1.24 bits per heavy atom. The first kappa shape index (κ1) is 17.1. The molecule has 6 heteroatoms. The van der Waals surface area contributed by atoms with Crippen LogP contribution in [-0.4, -0.2) is 18.0 Å². The van der Waals surface area contributed by atoms with Gasteiger partial charge in [0, 0.05) is 17.9 Å². The van der Waals surface area contributed by atoms with Gasteiger partial charge in [-0.1, -0.05) is 12.1 Å². The number of ether oxygens (including phenoxy) is 1. The van der Waals surface area contributed by atoms with Crippen LogP contribution in [0.5, 0.6) is 5.75 Å². The van der Waals surface area contributed by atoms with Crippen LogP contribution in [0.25, 0.3) is 11.3 Å². The number of amides is 1. The molecule has 0 aliphatic carbocycles. The quantitative estimate of drug-likeness (QED) is 0.746. The highest BCUT2D eigenvalue weighted by Crippen LogP contribution is 2.30. The minimum atomic E-state index is -0.481. The zero-order valence-electron chi connectivity index (χ0n) is 13.8. The highest BCUT2D eigenvalue weighted by atomic mass is 32.1. The van der Waals surface area contributed by atoms with Crippen LogP contribution in [0, 0.1) is 5.82 Å². The average molecular weight is 356 g/mol. The Balaban J connectivity index is 1.94. The van der Waals surface area contributed by atoms with E-state index in [1.807, 2.05) is 29.6 Å². The Kier molecular flexibility index (Phi) is 5.09. The second-order valence-corrected chi connectivity index (χ2v) is 6.38. The third kappa shape index (κ3) is 4.03. The number of methoxy groups -OCH3 is 1. The van der Waals surface area contributed by atoms with E-state index in [0.717, 1.165) is 17.0 Å². The molecular weight excluding hydrogens is 339 g/mol. The summed E-state index contributed by atoms with van der Waals surface area (Å²) in [5.74, 6) is 0.227. The summed E-state index contributed by atoms with van der Waals surface area (Å²) in [5, 5.41) is 5.47. The number of hydrogen-bond donors (Lipinski definition) is 1. The molecule has 25 heavy (non-hydrogen) atoms. The van der Waals surface area contributed by atoms with E-state index < -0.39 is 6.04 Å². The van der Waals surface area contributed by atoms with Gasteiger partial charge in [-0.25, -0.2) is 9.37 Å². The van der Waals surface area contributed by atoms with Crippen molar-refractivity contribution in [2.75, 3.05) is 7.11 Å². The molecule has 1 N–H and O–H groups in total. The van der Waals surface area contributed by atoms with Crippen molar-refractivity contribution in [3.05, 3.63) is 70.3 Å². The molecule has 2 aromatic carbocycles. The van der Waals surface area contributed by atoms with Crippen molar-refractivity contribution in [1.29, 1.82) is 0 Å². The van der Waals surface area contributed by atoms with Crippen molar-refractivity contribution in [2.45, 2.75) is 13.0 Å². The van der Waals surface area contributed by atoms with E-state index >= 15 is 0 Å². The fraction of sp³-hybridized carbons (Fsp3) is 0.158. The van der Waals surface area contributed by atoms with Gasteiger partial charge in [-0.05, 0) is 42.0 Å². The maximum atomic E-state index is 13.6. The molecule has 0 saturated heterocycles. The van der Waals surface area contributed by atoms with E-state index in [2.05, 4.69) is 10.3 Å². The van der Waals surface area contributed by atoms with E-state index in [-0.39, 0.29) is 11.7 Å². The first-order valence-corrected chi connectivity index (χ1v) is 8.57. The summed E-state index contributed by atoms with van der Waals surface area (Å²) in [6, 6.07) is 13.3. The van der Waals surface area contributed by atoms with E-state index in [0.29, 0.717) is 10.6 Å². The molecule has 0 fully saturated rings. The zero-order valence-corrected chi connectivity index (χ0v) is 14.6. The second-order valence-electron chi connectivity index (χ2n) is 5.49. The van der Waals surface area contributed by atoms with Crippen molar-refractivity contribution in [3.63, 3.8) is 0 Å². The van der Waals surface area contributed by atoms with Crippen LogP contribution in [0.15, 0.2) is 53.9 Å². The van der Waals surface area contributed by atoms with Crippen LogP contribution in [0.3, 0.4) is 0 Å². The number of thiazole rings is 1. The Labute approximate surface area is 149 Å².